The minimum Gasteiger partial charge on any atom is -0.374 e. The zero-order chi connectivity index (χ0) is 11.4. The lowest BCUT2D eigenvalue weighted by Gasteiger charge is -2.33. The first kappa shape index (κ1) is 10.7. The number of pyridine rings is 1. The number of amides is 1. The Hall–Kier alpha value is -1.84. The highest BCUT2D eigenvalue weighted by Crippen LogP contribution is 2.07. The molecule has 0 aromatic carbocycles. The van der Waals surface area contributed by atoms with Crippen molar-refractivity contribution in [2.75, 3.05) is 26.2 Å². The second kappa shape index (κ2) is 4.79. The molecule has 16 heavy (non-hydrogen) atoms. The Kier molecular flexibility index (Phi) is 3.19. The summed E-state index contributed by atoms with van der Waals surface area (Å²) >= 11 is 0. The number of rotatable bonds is 2. The number of piperazine rings is 1. The minimum atomic E-state index is 0.0665. The van der Waals surface area contributed by atoms with Crippen molar-refractivity contribution in [3.05, 3.63) is 42.9 Å². The van der Waals surface area contributed by atoms with Gasteiger partial charge in [0, 0.05) is 38.6 Å². The van der Waals surface area contributed by atoms with E-state index in [1.165, 1.54) is 0 Å². The van der Waals surface area contributed by atoms with E-state index in [1.807, 2.05) is 11.1 Å². The first-order chi connectivity index (χ1) is 7.81. The molecule has 1 aliphatic heterocycles. The summed E-state index contributed by atoms with van der Waals surface area (Å²) in [4.78, 5) is 20.0. The topological polar surface area (TPSA) is 36.4 Å². The molecule has 1 amide bonds. The number of carbonyl (C=O) groups excluding carboxylic acids is 1. The Labute approximate surface area is 95.2 Å². The molecule has 2 rings (SSSR count). The maximum Gasteiger partial charge on any atom is 0.255 e. The number of hydrogen-bond donors (Lipinski definition) is 0. The Balaban J connectivity index is 1.99. The van der Waals surface area contributed by atoms with Crippen molar-refractivity contribution in [2.24, 2.45) is 0 Å². The quantitative estimate of drug-likeness (QED) is 0.741. The maximum atomic E-state index is 12.0. The highest BCUT2D eigenvalue weighted by molar-refractivity contribution is 5.93. The van der Waals surface area contributed by atoms with Crippen LogP contribution in [0, 0.1) is 0 Å². The molecule has 0 N–H and O–H groups in total. The minimum absolute atomic E-state index is 0.0665. The molecule has 84 valence electrons. The highest BCUT2D eigenvalue weighted by Gasteiger charge is 2.20. The summed E-state index contributed by atoms with van der Waals surface area (Å²) in [7, 11) is 0. The van der Waals surface area contributed by atoms with Crippen LogP contribution in [0.3, 0.4) is 0 Å². The van der Waals surface area contributed by atoms with Crippen molar-refractivity contribution in [3.8, 4) is 0 Å². The van der Waals surface area contributed by atoms with E-state index in [-0.39, 0.29) is 5.91 Å². The molecule has 0 saturated carbocycles. The molecule has 1 aliphatic rings. The second-order valence-corrected chi connectivity index (χ2v) is 3.75. The van der Waals surface area contributed by atoms with Crippen LogP contribution in [0.1, 0.15) is 10.4 Å². The maximum absolute atomic E-state index is 12.0. The number of carbonyl (C=O) groups is 1. The fourth-order valence-electron chi connectivity index (χ4n) is 1.78. The van der Waals surface area contributed by atoms with Gasteiger partial charge in [0.1, 0.15) is 0 Å². The summed E-state index contributed by atoms with van der Waals surface area (Å²) in [5.74, 6) is 0.0665. The van der Waals surface area contributed by atoms with E-state index >= 15 is 0 Å². The van der Waals surface area contributed by atoms with Gasteiger partial charge in [0.15, 0.2) is 0 Å². The molecule has 0 unspecified atom stereocenters. The van der Waals surface area contributed by atoms with Crippen LogP contribution in [0.5, 0.6) is 0 Å². The van der Waals surface area contributed by atoms with Crippen molar-refractivity contribution < 1.29 is 4.79 Å². The van der Waals surface area contributed by atoms with Crippen LogP contribution in [-0.4, -0.2) is 46.9 Å². The van der Waals surface area contributed by atoms with Crippen LogP contribution in [-0.2, 0) is 0 Å². The van der Waals surface area contributed by atoms with Gasteiger partial charge in [0.25, 0.3) is 5.91 Å². The third-order valence-corrected chi connectivity index (χ3v) is 2.77. The van der Waals surface area contributed by atoms with E-state index in [9.17, 15) is 4.79 Å². The monoisotopic (exact) mass is 217 g/mol. The van der Waals surface area contributed by atoms with Gasteiger partial charge < -0.3 is 9.80 Å². The van der Waals surface area contributed by atoms with Crippen LogP contribution in [0.15, 0.2) is 37.3 Å². The van der Waals surface area contributed by atoms with Crippen LogP contribution in [0.2, 0.25) is 0 Å². The van der Waals surface area contributed by atoms with E-state index in [1.54, 1.807) is 24.5 Å². The second-order valence-electron chi connectivity index (χ2n) is 3.75. The third-order valence-electron chi connectivity index (χ3n) is 2.77. The Morgan fingerprint density at radius 2 is 2.12 bits per heavy atom. The molecule has 1 fully saturated rings. The predicted molar refractivity (Wildman–Crippen MR) is 61.9 cm³/mol. The van der Waals surface area contributed by atoms with Crippen molar-refractivity contribution in [1.29, 1.82) is 0 Å². The fraction of sp³-hybridized carbons (Fsp3) is 0.333. The van der Waals surface area contributed by atoms with Crippen LogP contribution in [0.4, 0.5) is 0 Å². The molecule has 0 spiro atoms. The van der Waals surface area contributed by atoms with Gasteiger partial charge in [-0.15, -0.1) is 0 Å². The molecular formula is C12H15N3O. The third kappa shape index (κ3) is 2.21. The summed E-state index contributed by atoms with van der Waals surface area (Å²) < 4.78 is 0. The van der Waals surface area contributed by atoms with Gasteiger partial charge in [-0.2, -0.15) is 0 Å². The Morgan fingerprint density at radius 1 is 1.38 bits per heavy atom. The molecule has 4 nitrogen and oxygen atoms in total. The van der Waals surface area contributed by atoms with E-state index in [0.29, 0.717) is 5.56 Å². The summed E-state index contributed by atoms with van der Waals surface area (Å²) in [6, 6.07) is 3.59. The molecule has 1 saturated heterocycles. The number of hydrogen-bond acceptors (Lipinski definition) is 3. The lowest BCUT2D eigenvalue weighted by Crippen LogP contribution is -2.46. The molecule has 0 radical (unpaired) electrons. The molecule has 0 atom stereocenters. The first-order valence-electron chi connectivity index (χ1n) is 5.37. The van der Waals surface area contributed by atoms with Crippen LogP contribution >= 0.6 is 0 Å². The van der Waals surface area contributed by atoms with E-state index < -0.39 is 0 Å². The van der Waals surface area contributed by atoms with Gasteiger partial charge >= 0.3 is 0 Å². The summed E-state index contributed by atoms with van der Waals surface area (Å²) in [5, 5.41) is 0. The standard InChI is InChI=1S/C12H15N3O/c1-2-14-6-8-15(9-7-14)12(16)11-4-3-5-13-10-11/h2-5,10H,1,6-9H2. The fourth-order valence-corrected chi connectivity index (χ4v) is 1.78. The van der Waals surface area contributed by atoms with Crippen molar-refractivity contribution >= 4 is 5.91 Å². The zero-order valence-electron chi connectivity index (χ0n) is 9.17. The van der Waals surface area contributed by atoms with Crippen molar-refractivity contribution in [3.63, 3.8) is 0 Å². The van der Waals surface area contributed by atoms with Gasteiger partial charge in [0.05, 0.1) is 5.56 Å². The lowest BCUT2D eigenvalue weighted by atomic mass is 10.2. The molecule has 0 bridgehead atoms. The SMILES string of the molecule is C=CN1CCN(C(=O)c2cccnc2)CC1. The summed E-state index contributed by atoms with van der Waals surface area (Å²) in [6.07, 6.45) is 5.11. The van der Waals surface area contributed by atoms with Gasteiger partial charge in [-0.25, -0.2) is 0 Å². The number of aromatic nitrogens is 1. The molecular weight excluding hydrogens is 202 g/mol. The molecule has 1 aromatic heterocycles. The first-order valence-corrected chi connectivity index (χ1v) is 5.37. The molecule has 4 heteroatoms. The number of nitrogens with zero attached hydrogens (tertiary/aromatic N) is 3. The Bertz CT molecular complexity index is 369. The van der Waals surface area contributed by atoms with Crippen molar-refractivity contribution in [2.45, 2.75) is 0 Å². The van der Waals surface area contributed by atoms with Gasteiger partial charge in [-0.05, 0) is 18.3 Å². The van der Waals surface area contributed by atoms with Crippen LogP contribution in [0.25, 0.3) is 0 Å². The normalized spacial score (nSPS) is 16.0. The largest absolute Gasteiger partial charge is 0.374 e. The average Bonchev–Trinajstić information content (AvgIpc) is 2.39. The average molecular weight is 217 g/mol. The van der Waals surface area contributed by atoms with E-state index in [4.69, 9.17) is 0 Å². The van der Waals surface area contributed by atoms with Gasteiger partial charge in [-0.3, -0.25) is 9.78 Å². The Morgan fingerprint density at radius 3 is 2.69 bits per heavy atom. The lowest BCUT2D eigenvalue weighted by molar-refractivity contribution is 0.0679. The predicted octanol–water partition coefficient (Wildman–Crippen LogP) is 0.983. The summed E-state index contributed by atoms with van der Waals surface area (Å²) in [6.45, 7) is 6.94. The van der Waals surface area contributed by atoms with E-state index in [0.717, 1.165) is 26.2 Å². The zero-order valence-corrected chi connectivity index (χ0v) is 9.17. The molecule has 1 aromatic rings. The van der Waals surface area contributed by atoms with Gasteiger partial charge in [-0.1, -0.05) is 6.58 Å². The molecule has 2 heterocycles. The van der Waals surface area contributed by atoms with Crippen molar-refractivity contribution in [1.82, 2.24) is 14.8 Å². The van der Waals surface area contributed by atoms with E-state index in [2.05, 4.69) is 16.5 Å². The molecule has 0 aliphatic carbocycles. The smallest absolute Gasteiger partial charge is 0.255 e. The summed E-state index contributed by atoms with van der Waals surface area (Å²) in [5.41, 5.74) is 0.662. The van der Waals surface area contributed by atoms with Crippen LogP contribution < -0.4 is 0 Å². The highest BCUT2D eigenvalue weighted by atomic mass is 16.2. The van der Waals surface area contributed by atoms with Gasteiger partial charge in [0.2, 0.25) is 0 Å².